The maximum atomic E-state index is 11.5. The van der Waals surface area contributed by atoms with Crippen LogP contribution in [-0.4, -0.2) is 36.2 Å². The van der Waals surface area contributed by atoms with Crippen molar-refractivity contribution in [3.8, 4) is 0 Å². The predicted octanol–water partition coefficient (Wildman–Crippen LogP) is 1.04. The van der Waals surface area contributed by atoms with Crippen LogP contribution in [-0.2, 0) is 4.79 Å². The van der Waals surface area contributed by atoms with Crippen LogP contribution in [0.4, 0.5) is 0 Å². The topological polar surface area (TPSA) is 61.4 Å². The van der Waals surface area contributed by atoms with E-state index in [1.54, 1.807) is 0 Å². The van der Waals surface area contributed by atoms with Crippen LogP contribution in [0.3, 0.4) is 0 Å². The second-order valence-corrected chi connectivity index (χ2v) is 5.35. The molecule has 0 heterocycles. The fraction of sp³-hybridized carbons (Fsp3) is 0.923. The number of hydrogen-bond donors (Lipinski definition) is 3. The summed E-state index contributed by atoms with van der Waals surface area (Å²) in [6.45, 7) is 5.83. The second-order valence-electron chi connectivity index (χ2n) is 5.35. The minimum Gasteiger partial charge on any atom is -0.393 e. The van der Waals surface area contributed by atoms with Gasteiger partial charge in [0.1, 0.15) is 0 Å². The van der Waals surface area contributed by atoms with E-state index in [1.807, 2.05) is 0 Å². The van der Waals surface area contributed by atoms with Gasteiger partial charge < -0.3 is 15.7 Å². The molecule has 4 nitrogen and oxygen atoms in total. The van der Waals surface area contributed by atoms with E-state index in [1.165, 1.54) is 0 Å². The zero-order valence-corrected chi connectivity index (χ0v) is 11.0. The summed E-state index contributed by atoms with van der Waals surface area (Å²) in [6, 6.07) is 0.484. The van der Waals surface area contributed by atoms with Gasteiger partial charge in [0.25, 0.3) is 0 Å². The highest BCUT2D eigenvalue weighted by Crippen LogP contribution is 2.24. The molecule has 0 bridgehead atoms. The van der Waals surface area contributed by atoms with Crippen molar-refractivity contribution < 1.29 is 9.90 Å². The largest absolute Gasteiger partial charge is 0.393 e. The van der Waals surface area contributed by atoms with Crippen molar-refractivity contribution >= 4 is 5.91 Å². The van der Waals surface area contributed by atoms with Gasteiger partial charge in [-0.25, -0.2) is 0 Å². The first-order valence-corrected chi connectivity index (χ1v) is 6.76. The van der Waals surface area contributed by atoms with Crippen LogP contribution in [0, 0.1) is 5.92 Å². The van der Waals surface area contributed by atoms with Crippen molar-refractivity contribution in [2.75, 3.05) is 13.1 Å². The fourth-order valence-corrected chi connectivity index (χ4v) is 2.22. The maximum absolute atomic E-state index is 11.5. The smallest absolute Gasteiger partial charge is 0.220 e. The van der Waals surface area contributed by atoms with Gasteiger partial charge in [0.15, 0.2) is 0 Å². The normalized spacial score (nSPS) is 24.2. The Morgan fingerprint density at radius 1 is 1.41 bits per heavy atom. The molecule has 4 heteroatoms. The van der Waals surface area contributed by atoms with Crippen LogP contribution in [0.15, 0.2) is 0 Å². The molecule has 0 spiro atoms. The average Bonchev–Trinajstić information content (AvgIpc) is 2.67. The lowest BCUT2D eigenvalue weighted by Gasteiger charge is -2.11. The van der Waals surface area contributed by atoms with Crippen molar-refractivity contribution in [1.82, 2.24) is 10.6 Å². The molecule has 0 saturated heterocycles. The number of carbonyl (C=O) groups is 1. The van der Waals surface area contributed by atoms with E-state index < -0.39 is 0 Å². The summed E-state index contributed by atoms with van der Waals surface area (Å²) in [4.78, 5) is 11.5. The van der Waals surface area contributed by atoms with Gasteiger partial charge in [0.2, 0.25) is 5.91 Å². The van der Waals surface area contributed by atoms with Crippen molar-refractivity contribution in [2.45, 2.75) is 58.1 Å². The van der Waals surface area contributed by atoms with E-state index in [9.17, 15) is 9.90 Å². The van der Waals surface area contributed by atoms with Crippen LogP contribution < -0.4 is 10.6 Å². The number of aliphatic hydroxyl groups excluding tert-OH is 1. The molecule has 3 N–H and O–H groups in total. The van der Waals surface area contributed by atoms with Crippen molar-refractivity contribution in [3.05, 3.63) is 0 Å². The Morgan fingerprint density at radius 3 is 2.76 bits per heavy atom. The molecule has 1 saturated carbocycles. The Morgan fingerprint density at radius 2 is 2.18 bits per heavy atom. The van der Waals surface area contributed by atoms with E-state index in [-0.39, 0.29) is 12.0 Å². The van der Waals surface area contributed by atoms with Crippen LogP contribution in [0.25, 0.3) is 0 Å². The molecule has 1 aliphatic rings. The van der Waals surface area contributed by atoms with Crippen LogP contribution >= 0.6 is 0 Å². The molecule has 0 aromatic rings. The summed E-state index contributed by atoms with van der Waals surface area (Å²) < 4.78 is 0. The first-order chi connectivity index (χ1) is 8.08. The predicted molar refractivity (Wildman–Crippen MR) is 68.7 cm³/mol. The zero-order chi connectivity index (χ0) is 12.7. The molecule has 1 fully saturated rings. The van der Waals surface area contributed by atoms with Gasteiger partial charge in [0.05, 0.1) is 6.10 Å². The van der Waals surface area contributed by atoms with Gasteiger partial charge in [-0.3, -0.25) is 4.79 Å². The lowest BCUT2D eigenvalue weighted by molar-refractivity contribution is -0.121. The molecule has 2 unspecified atom stereocenters. The van der Waals surface area contributed by atoms with Gasteiger partial charge in [0, 0.05) is 19.0 Å². The molecule has 0 aliphatic heterocycles. The summed E-state index contributed by atoms with van der Waals surface area (Å²) >= 11 is 0. The van der Waals surface area contributed by atoms with E-state index in [4.69, 9.17) is 0 Å². The maximum Gasteiger partial charge on any atom is 0.220 e. The standard InChI is InChI=1S/C13H26N2O2/c1-10(2)14-7-3-4-13(17)15-9-11-5-6-12(16)8-11/h10-12,14,16H,3-9H2,1-2H3,(H,15,17). The zero-order valence-electron chi connectivity index (χ0n) is 11.0. The number of rotatable bonds is 7. The lowest BCUT2D eigenvalue weighted by Crippen LogP contribution is -2.30. The minimum absolute atomic E-state index is 0.136. The average molecular weight is 242 g/mol. The van der Waals surface area contributed by atoms with Gasteiger partial charge >= 0.3 is 0 Å². The van der Waals surface area contributed by atoms with Crippen molar-refractivity contribution in [2.24, 2.45) is 5.92 Å². The number of nitrogens with one attached hydrogen (secondary N) is 2. The SMILES string of the molecule is CC(C)NCCCC(=O)NCC1CCC(O)C1. The minimum atomic E-state index is -0.146. The van der Waals surface area contributed by atoms with Crippen LogP contribution in [0.1, 0.15) is 46.0 Å². The van der Waals surface area contributed by atoms with Gasteiger partial charge in [-0.2, -0.15) is 0 Å². The Bertz CT molecular complexity index is 231. The summed E-state index contributed by atoms with van der Waals surface area (Å²) in [6.07, 6.45) is 4.10. The third kappa shape index (κ3) is 6.64. The number of carbonyl (C=O) groups excluding carboxylic acids is 1. The van der Waals surface area contributed by atoms with Crippen molar-refractivity contribution in [1.29, 1.82) is 0 Å². The molecule has 0 radical (unpaired) electrons. The van der Waals surface area contributed by atoms with Gasteiger partial charge in [-0.1, -0.05) is 13.8 Å². The lowest BCUT2D eigenvalue weighted by atomic mass is 10.1. The Labute approximate surface area is 104 Å². The number of aliphatic hydroxyl groups is 1. The van der Waals surface area contributed by atoms with E-state index in [0.29, 0.717) is 18.4 Å². The summed E-state index contributed by atoms with van der Waals surface area (Å²) in [5, 5.41) is 15.6. The molecule has 17 heavy (non-hydrogen) atoms. The number of hydrogen-bond acceptors (Lipinski definition) is 3. The first-order valence-electron chi connectivity index (χ1n) is 6.76. The van der Waals surface area contributed by atoms with Crippen LogP contribution in [0.5, 0.6) is 0 Å². The molecule has 1 amide bonds. The highest BCUT2D eigenvalue weighted by molar-refractivity contribution is 5.75. The monoisotopic (exact) mass is 242 g/mol. The summed E-state index contributed by atoms with van der Waals surface area (Å²) in [5.74, 6) is 0.611. The quantitative estimate of drug-likeness (QED) is 0.585. The summed E-state index contributed by atoms with van der Waals surface area (Å²) in [7, 11) is 0. The third-order valence-electron chi connectivity index (χ3n) is 3.23. The molecular weight excluding hydrogens is 216 g/mol. The van der Waals surface area contributed by atoms with E-state index >= 15 is 0 Å². The fourth-order valence-electron chi connectivity index (χ4n) is 2.22. The molecule has 0 aromatic carbocycles. The Kier molecular flexibility index (Phi) is 6.52. The summed E-state index contributed by atoms with van der Waals surface area (Å²) in [5.41, 5.74) is 0. The van der Waals surface area contributed by atoms with E-state index in [2.05, 4.69) is 24.5 Å². The van der Waals surface area contributed by atoms with Crippen LogP contribution in [0.2, 0.25) is 0 Å². The third-order valence-corrected chi connectivity index (χ3v) is 3.23. The molecule has 1 aliphatic carbocycles. The second kappa shape index (κ2) is 7.67. The Balaban J connectivity index is 1.98. The highest BCUT2D eigenvalue weighted by Gasteiger charge is 2.22. The molecule has 2 atom stereocenters. The molecular formula is C13H26N2O2. The van der Waals surface area contributed by atoms with Gasteiger partial charge in [-0.15, -0.1) is 0 Å². The Hall–Kier alpha value is -0.610. The molecule has 100 valence electrons. The van der Waals surface area contributed by atoms with Gasteiger partial charge in [-0.05, 0) is 38.1 Å². The molecule has 1 rings (SSSR count). The first kappa shape index (κ1) is 14.5. The number of amides is 1. The molecule has 0 aromatic heterocycles. The van der Waals surface area contributed by atoms with Crippen molar-refractivity contribution in [3.63, 3.8) is 0 Å². The highest BCUT2D eigenvalue weighted by atomic mass is 16.3. The van der Waals surface area contributed by atoms with E-state index in [0.717, 1.165) is 38.8 Å².